The van der Waals surface area contributed by atoms with E-state index in [1.807, 2.05) is 19.1 Å². The predicted molar refractivity (Wildman–Crippen MR) is 82.3 cm³/mol. The first-order valence-corrected chi connectivity index (χ1v) is 8.40. The molecule has 1 fully saturated rings. The summed E-state index contributed by atoms with van der Waals surface area (Å²) >= 11 is 9.72. The van der Waals surface area contributed by atoms with Gasteiger partial charge in [0, 0.05) is 33.6 Å². The molecule has 0 amide bonds. The Morgan fingerprint density at radius 2 is 2.32 bits per heavy atom. The Morgan fingerprint density at radius 1 is 1.47 bits per heavy atom. The van der Waals surface area contributed by atoms with Crippen molar-refractivity contribution in [2.75, 3.05) is 0 Å². The minimum absolute atomic E-state index is 0.691. The average molecular weight is 311 g/mol. The van der Waals surface area contributed by atoms with Crippen LogP contribution in [0, 0.1) is 6.92 Å². The van der Waals surface area contributed by atoms with Crippen LogP contribution in [0.1, 0.15) is 24.1 Å². The highest BCUT2D eigenvalue weighted by Crippen LogP contribution is 2.35. The quantitative estimate of drug-likeness (QED) is 0.879. The molecule has 1 heterocycles. The van der Waals surface area contributed by atoms with Gasteiger partial charge >= 0.3 is 0 Å². The number of hydrogen-bond acceptors (Lipinski definition) is 4. The van der Waals surface area contributed by atoms with Crippen molar-refractivity contribution in [3.63, 3.8) is 0 Å². The molecule has 0 spiro atoms. The Bertz CT molecular complexity index is 579. The SMILES string of the molecule is Cc1csc(Sc2cccc(Cl)c2CNC2CC2)n1. The van der Waals surface area contributed by atoms with Gasteiger partial charge in [-0.3, -0.25) is 0 Å². The molecular weight excluding hydrogens is 296 g/mol. The highest BCUT2D eigenvalue weighted by Gasteiger charge is 2.21. The van der Waals surface area contributed by atoms with Gasteiger partial charge in [-0.1, -0.05) is 29.4 Å². The van der Waals surface area contributed by atoms with Crippen LogP contribution < -0.4 is 5.32 Å². The Balaban J connectivity index is 1.80. The second kappa shape index (κ2) is 5.83. The molecule has 0 radical (unpaired) electrons. The molecule has 0 bridgehead atoms. The van der Waals surface area contributed by atoms with Crippen molar-refractivity contribution in [1.29, 1.82) is 0 Å². The van der Waals surface area contributed by atoms with E-state index in [-0.39, 0.29) is 0 Å². The third-order valence-corrected chi connectivity index (χ3v) is 5.53. The molecule has 0 unspecified atom stereocenters. The topological polar surface area (TPSA) is 24.9 Å². The van der Waals surface area contributed by atoms with E-state index in [2.05, 4.69) is 21.7 Å². The van der Waals surface area contributed by atoms with Gasteiger partial charge in [0.25, 0.3) is 0 Å². The van der Waals surface area contributed by atoms with Gasteiger partial charge in [0.05, 0.1) is 0 Å². The minimum atomic E-state index is 0.691. The van der Waals surface area contributed by atoms with Crippen LogP contribution in [0.4, 0.5) is 0 Å². The summed E-state index contributed by atoms with van der Waals surface area (Å²) in [5.74, 6) is 0. The van der Waals surface area contributed by atoms with Crippen LogP contribution in [0.3, 0.4) is 0 Å². The first-order valence-electron chi connectivity index (χ1n) is 6.33. The van der Waals surface area contributed by atoms with Crippen molar-refractivity contribution in [3.8, 4) is 0 Å². The van der Waals surface area contributed by atoms with Crippen LogP contribution in [0.2, 0.25) is 5.02 Å². The van der Waals surface area contributed by atoms with Crippen molar-refractivity contribution in [2.45, 2.75) is 41.6 Å². The van der Waals surface area contributed by atoms with E-state index in [0.717, 1.165) is 21.6 Å². The van der Waals surface area contributed by atoms with E-state index in [9.17, 15) is 0 Å². The lowest BCUT2D eigenvalue weighted by molar-refractivity contribution is 0.680. The molecule has 19 heavy (non-hydrogen) atoms. The number of hydrogen-bond donors (Lipinski definition) is 1. The maximum absolute atomic E-state index is 6.33. The van der Waals surface area contributed by atoms with E-state index in [4.69, 9.17) is 11.6 Å². The highest BCUT2D eigenvalue weighted by atomic mass is 35.5. The van der Waals surface area contributed by atoms with Gasteiger partial charge in [-0.15, -0.1) is 11.3 Å². The molecular formula is C14H15ClN2S2. The van der Waals surface area contributed by atoms with E-state index >= 15 is 0 Å². The molecule has 1 N–H and O–H groups in total. The number of aryl methyl sites for hydroxylation is 1. The monoisotopic (exact) mass is 310 g/mol. The summed E-state index contributed by atoms with van der Waals surface area (Å²) in [6.45, 7) is 2.87. The zero-order chi connectivity index (χ0) is 13.2. The molecule has 2 nitrogen and oxygen atoms in total. The normalized spacial score (nSPS) is 14.8. The largest absolute Gasteiger partial charge is 0.310 e. The number of aromatic nitrogens is 1. The summed E-state index contributed by atoms with van der Waals surface area (Å²) < 4.78 is 1.08. The number of nitrogens with zero attached hydrogens (tertiary/aromatic N) is 1. The molecule has 1 saturated carbocycles. The van der Waals surface area contributed by atoms with Crippen molar-refractivity contribution in [1.82, 2.24) is 10.3 Å². The summed E-state index contributed by atoms with van der Waals surface area (Å²) in [6.07, 6.45) is 2.58. The maximum atomic E-state index is 6.33. The van der Waals surface area contributed by atoms with Crippen LogP contribution in [-0.2, 0) is 6.54 Å². The number of benzene rings is 1. The molecule has 0 aliphatic heterocycles. The molecule has 1 aromatic carbocycles. The summed E-state index contributed by atoms with van der Waals surface area (Å²) in [5.41, 5.74) is 2.26. The molecule has 100 valence electrons. The van der Waals surface area contributed by atoms with Gasteiger partial charge in [-0.2, -0.15) is 0 Å². The lowest BCUT2D eigenvalue weighted by atomic mass is 10.2. The summed E-state index contributed by atoms with van der Waals surface area (Å²) in [4.78, 5) is 5.71. The number of halogens is 1. The van der Waals surface area contributed by atoms with Crippen molar-refractivity contribution in [3.05, 3.63) is 39.9 Å². The van der Waals surface area contributed by atoms with Crippen molar-refractivity contribution in [2.24, 2.45) is 0 Å². The molecule has 2 aromatic rings. The second-order valence-electron chi connectivity index (χ2n) is 4.73. The van der Waals surface area contributed by atoms with Crippen LogP contribution in [0.5, 0.6) is 0 Å². The number of rotatable bonds is 5. The molecule has 1 aliphatic carbocycles. The zero-order valence-electron chi connectivity index (χ0n) is 10.6. The summed E-state index contributed by atoms with van der Waals surface area (Å²) in [6, 6.07) is 6.78. The Morgan fingerprint density at radius 3 is 3.00 bits per heavy atom. The Labute approximate surface area is 126 Å². The first kappa shape index (κ1) is 13.4. The summed E-state index contributed by atoms with van der Waals surface area (Å²) in [7, 11) is 0. The van der Waals surface area contributed by atoms with Crippen LogP contribution in [0.25, 0.3) is 0 Å². The van der Waals surface area contributed by atoms with Crippen LogP contribution in [-0.4, -0.2) is 11.0 Å². The molecule has 5 heteroatoms. The molecule has 1 aliphatic rings. The Hall–Kier alpha value is -0.550. The molecule has 0 saturated heterocycles. The standard InChI is InChI=1S/C14H15ClN2S2/c1-9-8-18-14(17-9)19-13-4-2-3-12(15)11(13)7-16-10-5-6-10/h2-4,8,10,16H,5-7H2,1H3. The lowest BCUT2D eigenvalue weighted by Crippen LogP contribution is -2.16. The smallest absolute Gasteiger partial charge is 0.154 e. The van der Waals surface area contributed by atoms with E-state index in [1.165, 1.54) is 23.3 Å². The average Bonchev–Trinajstić information content (AvgIpc) is 3.12. The fourth-order valence-electron chi connectivity index (χ4n) is 1.81. The van der Waals surface area contributed by atoms with Gasteiger partial charge in [0.15, 0.2) is 4.34 Å². The third kappa shape index (κ3) is 3.51. The fourth-order valence-corrected chi connectivity index (χ4v) is 4.07. The van der Waals surface area contributed by atoms with E-state index < -0.39 is 0 Å². The second-order valence-corrected chi connectivity index (χ2v) is 7.28. The molecule has 3 rings (SSSR count). The predicted octanol–water partition coefficient (Wildman–Crippen LogP) is 4.51. The van der Waals surface area contributed by atoms with Crippen LogP contribution >= 0.6 is 34.7 Å². The fraction of sp³-hybridized carbons (Fsp3) is 0.357. The van der Waals surface area contributed by atoms with Gasteiger partial charge in [-0.25, -0.2) is 4.98 Å². The van der Waals surface area contributed by atoms with Crippen LogP contribution in [0.15, 0.2) is 32.8 Å². The van der Waals surface area contributed by atoms with E-state index in [1.54, 1.807) is 23.1 Å². The minimum Gasteiger partial charge on any atom is -0.310 e. The molecule has 0 atom stereocenters. The van der Waals surface area contributed by atoms with Crippen molar-refractivity contribution < 1.29 is 0 Å². The third-order valence-electron chi connectivity index (χ3n) is 3.02. The molecule has 1 aromatic heterocycles. The maximum Gasteiger partial charge on any atom is 0.154 e. The van der Waals surface area contributed by atoms with Gasteiger partial charge in [0.2, 0.25) is 0 Å². The van der Waals surface area contributed by atoms with Gasteiger partial charge in [0.1, 0.15) is 0 Å². The number of nitrogens with one attached hydrogen (secondary N) is 1. The lowest BCUT2D eigenvalue weighted by Gasteiger charge is -2.10. The number of thiazole rings is 1. The van der Waals surface area contributed by atoms with Gasteiger partial charge in [-0.05, 0) is 37.5 Å². The Kier molecular flexibility index (Phi) is 4.12. The summed E-state index contributed by atoms with van der Waals surface area (Å²) in [5, 5.41) is 6.45. The highest BCUT2D eigenvalue weighted by molar-refractivity contribution is 8.01. The van der Waals surface area contributed by atoms with E-state index in [0.29, 0.717) is 6.04 Å². The van der Waals surface area contributed by atoms with Crippen molar-refractivity contribution >= 4 is 34.7 Å². The van der Waals surface area contributed by atoms with Gasteiger partial charge < -0.3 is 5.32 Å². The zero-order valence-corrected chi connectivity index (χ0v) is 13.0. The first-order chi connectivity index (χ1) is 9.22.